The van der Waals surface area contributed by atoms with Gasteiger partial charge in [-0.2, -0.15) is 26.3 Å². The molecule has 1 amide bonds. The normalized spacial score (nSPS) is 20.8. The number of carbonyl (C=O) groups is 1. The highest BCUT2D eigenvalue weighted by atomic mass is 19.4. The highest BCUT2D eigenvalue weighted by Crippen LogP contribution is 2.41. The average molecular weight is 597 g/mol. The zero-order valence-electron chi connectivity index (χ0n) is 24.1. The molecule has 6 nitrogen and oxygen atoms in total. The molecule has 0 spiro atoms. The number of piperazine rings is 1. The number of halogens is 6. The van der Waals surface area contributed by atoms with Gasteiger partial charge in [-0.15, -0.1) is 0 Å². The second-order valence-corrected chi connectivity index (χ2v) is 11.3. The van der Waals surface area contributed by atoms with Crippen LogP contribution in [0.1, 0.15) is 43.9 Å². The van der Waals surface area contributed by atoms with Crippen molar-refractivity contribution in [2.45, 2.75) is 45.0 Å². The lowest BCUT2D eigenvalue weighted by atomic mass is 9.81. The van der Waals surface area contributed by atoms with Crippen LogP contribution in [0.3, 0.4) is 0 Å². The molecule has 0 radical (unpaired) electrons. The highest BCUT2D eigenvalue weighted by molar-refractivity contribution is 5.89. The first-order chi connectivity index (χ1) is 19.4. The van der Waals surface area contributed by atoms with Crippen molar-refractivity contribution in [1.29, 1.82) is 0 Å². The molecule has 0 bridgehead atoms. The fourth-order valence-corrected chi connectivity index (χ4v) is 5.25. The van der Waals surface area contributed by atoms with E-state index in [4.69, 9.17) is 0 Å². The smallest absolute Gasteiger partial charge is 0.354 e. The first kappa shape index (κ1) is 31.4. The second-order valence-electron chi connectivity index (χ2n) is 11.3. The van der Waals surface area contributed by atoms with E-state index in [1.807, 2.05) is 37.1 Å². The van der Waals surface area contributed by atoms with Gasteiger partial charge in [-0.1, -0.05) is 18.2 Å². The monoisotopic (exact) mass is 596 g/mol. The van der Waals surface area contributed by atoms with Crippen molar-refractivity contribution >= 4 is 5.91 Å². The quantitative estimate of drug-likeness (QED) is 0.414. The van der Waals surface area contributed by atoms with Crippen LogP contribution in [0.25, 0.3) is 0 Å². The van der Waals surface area contributed by atoms with Gasteiger partial charge >= 0.3 is 12.4 Å². The Balaban J connectivity index is 1.77. The van der Waals surface area contributed by atoms with Gasteiger partial charge in [0.25, 0.3) is 0 Å². The van der Waals surface area contributed by atoms with Crippen LogP contribution in [0.2, 0.25) is 0 Å². The topological polar surface area (TPSA) is 50.3 Å². The number of hydroxylamine groups is 2. The molecule has 42 heavy (non-hydrogen) atoms. The van der Waals surface area contributed by atoms with Crippen LogP contribution in [-0.4, -0.2) is 71.2 Å². The number of allylic oxidation sites excluding steroid dienone is 6. The first-order valence-corrected chi connectivity index (χ1v) is 13.4. The minimum atomic E-state index is -5.05. The summed E-state index contributed by atoms with van der Waals surface area (Å²) < 4.78 is 81.5. The lowest BCUT2D eigenvalue weighted by Crippen LogP contribution is -2.47. The summed E-state index contributed by atoms with van der Waals surface area (Å²) in [5, 5.41) is 11.9. The highest BCUT2D eigenvalue weighted by Gasteiger charge is 2.42. The van der Waals surface area contributed by atoms with E-state index < -0.39 is 40.4 Å². The zero-order chi connectivity index (χ0) is 31.2. The summed E-state index contributed by atoms with van der Waals surface area (Å²) in [7, 11) is 3.40. The molecule has 0 saturated carbocycles. The molecule has 1 aromatic rings. The van der Waals surface area contributed by atoms with E-state index in [-0.39, 0.29) is 11.8 Å². The number of nitrogens with zero attached hydrogens (tertiary/aromatic N) is 4. The Hall–Kier alpha value is -3.51. The van der Waals surface area contributed by atoms with Gasteiger partial charge in [0, 0.05) is 38.8 Å². The maximum Gasteiger partial charge on any atom is 0.416 e. The van der Waals surface area contributed by atoms with Crippen molar-refractivity contribution in [3.63, 3.8) is 0 Å². The predicted molar refractivity (Wildman–Crippen MR) is 146 cm³/mol. The molecule has 2 aliphatic heterocycles. The molecule has 4 rings (SSSR count). The van der Waals surface area contributed by atoms with E-state index in [1.165, 1.54) is 32.0 Å². The maximum absolute atomic E-state index is 14.0. The summed E-state index contributed by atoms with van der Waals surface area (Å²) >= 11 is 0. The number of alkyl halides is 6. The van der Waals surface area contributed by atoms with Crippen LogP contribution < -0.4 is 0 Å². The lowest BCUT2D eigenvalue weighted by Gasteiger charge is -2.40. The summed E-state index contributed by atoms with van der Waals surface area (Å²) in [5.74, 6) is -0.248. The summed E-state index contributed by atoms with van der Waals surface area (Å²) in [6.07, 6.45) is -0.687. The Bertz CT molecular complexity index is 1360. The first-order valence-electron chi connectivity index (χ1n) is 13.4. The van der Waals surface area contributed by atoms with Crippen molar-refractivity contribution in [3.8, 4) is 0 Å². The van der Waals surface area contributed by atoms with Crippen molar-refractivity contribution in [2.75, 3.05) is 40.3 Å². The SMILES string of the molecule is CC1=CC=CCC1=C1C=C(N2CCN(C)CC2)N(O)C=C1N(C)C(=O)C(C)(C)c1cc(C(F)(F)F)cc(C(F)(F)F)c1. The Labute approximate surface area is 241 Å². The Morgan fingerprint density at radius 3 is 2.00 bits per heavy atom. The number of amides is 1. The lowest BCUT2D eigenvalue weighted by molar-refractivity contribution is -0.143. The molecule has 1 saturated heterocycles. The summed E-state index contributed by atoms with van der Waals surface area (Å²) in [6.45, 7) is 7.34. The second kappa shape index (κ2) is 11.3. The van der Waals surface area contributed by atoms with Crippen LogP contribution >= 0.6 is 0 Å². The number of likely N-dealkylation sites (N-methyl/N-ethyl adjacent to an activating group) is 2. The summed E-state index contributed by atoms with van der Waals surface area (Å²) in [4.78, 5) is 19.3. The third kappa shape index (κ3) is 6.29. The van der Waals surface area contributed by atoms with Crippen molar-refractivity contribution < 1.29 is 36.3 Å². The molecule has 1 N–H and O–H groups in total. The Morgan fingerprint density at radius 2 is 1.48 bits per heavy atom. The van der Waals surface area contributed by atoms with Crippen molar-refractivity contribution in [3.05, 3.63) is 93.6 Å². The molecule has 1 aliphatic carbocycles. The van der Waals surface area contributed by atoms with E-state index >= 15 is 0 Å². The number of carbonyl (C=O) groups excluding carboxylic acids is 1. The molecule has 0 aromatic heterocycles. The van der Waals surface area contributed by atoms with Gasteiger partial charge in [-0.3, -0.25) is 10.0 Å². The molecule has 2 heterocycles. The molecule has 12 heteroatoms. The van der Waals surface area contributed by atoms with Gasteiger partial charge in [0.05, 0.1) is 28.4 Å². The average Bonchev–Trinajstić information content (AvgIpc) is 2.92. The van der Waals surface area contributed by atoms with Crippen molar-refractivity contribution in [1.82, 2.24) is 19.8 Å². The fourth-order valence-electron chi connectivity index (χ4n) is 5.25. The van der Waals surface area contributed by atoms with Crippen LogP contribution in [0, 0.1) is 0 Å². The standard InChI is InChI=1S/C30H34F6N4O2/c1-19-8-6-7-9-23(19)24-17-26(39-12-10-37(4)11-13-39)40(42)18-25(24)38(5)27(41)28(2,3)20-14-21(29(31,32)33)16-22(15-20)30(34,35)36/h6-8,14-18,42H,9-13H2,1-5H3. The minimum Gasteiger partial charge on any atom is -0.354 e. The Kier molecular flexibility index (Phi) is 8.45. The maximum atomic E-state index is 14.0. The van der Waals surface area contributed by atoms with Crippen LogP contribution in [-0.2, 0) is 22.6 Å². The summed E-state index contributed by atoms with van der Waals surface area (Å²) in [6, 6.07) is 1.20. The van der Waals surface area contributed by atoms with Gasteiger partial charge in [0.15, 0.2) is 0 Å². The molecule has 1 fully saturated rings. The van der Waals surface area contributed by atoms with E-state index in [2.05, 4.69) is 4.90 Å². The Morgan fingerprint density at radius 1 is 0.929 bits per heavy atom. The molecular weight excluding hydrogens is 562 g/mol. The van der Waals surface area contributed by atoms with Crippen molar-refractivity contribution in [2.24, 2.45) is 0 Å². The van der Waals surface area contributed by atoms with E-state index in [0.29, 0.717) is 43.0 Å². The molecular formula is C30H34F6N4O2. The number of hydrogen-bond acceptors (Lipinski definition) is 5. The third-order valence-electron chi connectivity index (χ3n) is 7.97. The zero-order valence-corrected chi connectivity index (χ0v) is 24.1. The molecule has 0 unspecified atom stereocenters. The van der Waals surface area contributed by atoms with Gasteiger partial charge in [0.2, 0.25) is 5.91 Å². The fraction of sp³-hybridized carbons (Fsp3) is 0.433. The molecule has 1 aromatic carbocycles. The van der Waals surface area contributed by atoms with Gasteiger partial charge in [-0.25, -0.2) is 5.06 Å². The number of hydrogen-bond donors (Lipinski definition) is 1. The number of rotatable bonds is 4. The minimum absolute atomic E-state index is 0.0416. The van der Waals surface area contributed by atoms with Gasteiger partial charge in [-0.05, 0) is 75.2 Å². The molecule has 0 atom stereocenters. The van der Waals surface area contributed by atoms with E-state index in [1.54, 1.807) is 6.08 Å². The largest absolute Gasteiger partial charge is 0.416 e. The predicted octanol–water partition coefficient (Wildman–Crippen LogP) is 6.30. The van der Waals surface area contributed by atoms with E-state index in [0.717, 1.165) is 29.3 Å². The van der Waals surface area contributed by atoms with Crippen LogP contribution in [0.15, 0.2) is 76.9 Å². The van der Waals surface area contributed by atoms with Crippen LogP contribution in [0.4, 0.5) is 26.3 Å². The number of benzene rings is 1. The molecule has 228 valence electrons. The van der Waals surface area contributed by atoms with Crippen LogP contribution in [0.5, 0.6) is 0 Å². The molecule has 3 aliphatic rings. The van der Waals surface area contributed by atoms with Gasteiger partial charge < -0.3 is 14.7 Å². The van der Waals surface area contributed by atoms with Gasteiger partial charge in [0.1, 0.15) is 5.82 Å². The summed E-state index contributed by atoms with van der Waals surface area (Å²) in [5.41, 5.74) is -2.54. The van der Waals surface area contributed by atoms with E-state index in [9.17, 15) is 36.3 Å². The third-order valence-corrected chi connectivity index (χ3v) is 7.97.